The second kappa shape index (κ2) is 7.51. The summed E-state index contributed by atoms with van der Waals surface area (Å²) in [5.74, 6) is 1.43. The molecule has 0 spiro atoms. The summed E-state index contributed by atoms with van der Waals surface area (Å²) in [5.41, 5.74) is 0.777. The van der Waals surface area contributed by atoms with Crippen LogP contribution in [0.4, 0.5) is 13.2 Å². The summed E-state index contributed by atoms with van der Waals surface area (Å²) in [6.07, 6.45) is -3.10. The van der Waals surface area contributed by atoms with Crippen molar-refractivity contribution in [3.63, 3.8) is 0 Å². The van der Waals surface area contributed by atoms with E-state index >= 15 is 0 Å². The number of hydrogen-bond acceptors (Lipinski definition) is 7. The maximum atomic E-state index is 12.2. The Morgan fingerprint density at radius 2 is 1.85 bits per heavy atom. The molecule has 3 heterocycles. The molecular weight excluding hydrogens is 383 g/mol. The highest BCUT2D eigenvalue weighted by atomic mass is 32.1. The third-order valence-electron chi connectivity index (χ3n) is 4.67. The number of fused-ring (bicyclic) bond motifs is 2. The topological polar surface area (TPSA) is 56.7 Å². The van der Waals surface area contributed by atoms with Gasteiger partial charge in [-0.15, -0.1) is 8.75 Å². The van der Waals surface area contributed by atoms with E-state index in [2.05, 4.69) is 18.4 Å². The number of hydrogen-bond donors (Lipinski definition) is 0. The van der Waals surface area contributed by atoms with Gasteiger partial charge in [0.25, 0.3) is 11.8 Å². The minimum Gasteiger partial charge on any atom is -0.484 e. The molecule has 2 aromatic rings. The summed E-state index contributed by atoms with van der Waals surface area (Å²) in [7, 11) is 0. The Morgan fingerprint density at radius 3 is 2.52 bits per heavy atom. The van der Waals surface area contributed by atoms with Gasteiger partial charge in [-0.05, 0) is 30.7 Å². The first-order valence-electron chi connectivity index (χ1n) is 8.59. The van der Waals surface area contributed by atoms with E-state index in [4.69, 9.17) is 9.47 Å². The Morgan fingerprint density at radius 1 is 1.07 bits per heavy atom. The number of piperidine rings is 1. The van der Waals surface area contributed by atoms with Crippen molar-refractivity contribution in [2.45, 2.75) is 25.3 Å². The Hall–Kier alpha value is -2.07. The number of nitrogens with zero attached hydrogens (tertiary/aromatic N) is 3. The lowest BCUT2D eigenvalue weighted by molar-refractivity contribution is -0.153. The lowest BCUT2D eigenvalue weighted by atomic mass is 10.0. The SMILES string of the molecule is FC(F)(F)COc1ccc(COc2nsnc2OC2CN3CCC2C3)cc1. The van der Waals surface area contributed by atoms with Crippen LogP contribution in [0.25, 0.3) is 0 Å². The zero-order valence-corrected chi connectivity index (χ0v) is 15.1. The molecule has 2 bridgehead atoms. The predicted molar refractivity (Wildman–Crippen MR) is 91.2 cm³/mol. The molecule has 3 atom stereocenters. The van der Waals surface area contributed by atoms with E-state index in [0.29, 0.717) is 17.7 Å². The molecule has 2 fully saturated rings. The second-order valence-electron chi connectivity index (χ2n) is 6.68. The molecule has 2 aliphatic rings. The van der Waals surface area contributed by atoms with E-state index < -0.39 is 12.8 Å². The second-order valence-corrected chi connectivity index (χ2v) is 7.20. The highest BCUT2D eigenvalue weighted by Crippen LogP contribution is 2.34. The van der Waals surface area contributed by atoms with Gasteiger partial charge in [0.2, 0.25) is 0 Å². The monoisotopic (exact) mass is 401 g/mol. The van der Waals surface area contributed by atoms with Crippen LogP contribution in [0, 0.1) is 5.92 Å². The quantitative estimate of drug-likeness (QED) is 0.711. The molecule has 4 rings (SSSR count). The van der Waals surface area contributed by atoms with Crippen LogP contribution in [0.3, 0.4) is 0 Å². The maximum Gasteiger partial charge on any atom is 0.422 e. The number of rotatable bonds is 7. The number of aromatic nitrogens is 2. The lowest BCUT2D eigenvalue weighted by Gasteiger charge is -2.22. The number of ether oxygens (including phenoxy) is 3. The molecule has 6 nitrogen and oxygen atoms in total. The van der Waals surface area contributed by atoms with Gasteiger partial charge in [-0.1, -0.05) is 12.1 Å². The number of alkyl halides is 3. The molecule has 2 saturated heterocycles. The van der Waals surface area contributed by atoms with Crippen LogP contribution in [-0.2, 0) is 6.61 Å². The van der Waals surface area contributed by atoms with Crippen molar-refractivity contribution < 1.29 is 27.4 Å². The van der Waals surface area contributed by atoms with Crippen molar-refractivity contribution in [3.05, 3.63) is 29.8 Å². The first-order chi connectivity index (χ1) is 13.0. The van der Waals surface area contributed by atoms with Crippen LogP contribution in [0.5, 0.6) is 17.5 Å². The van der Waals surface area contributed by atoms with Crippen LogP contribution >= 0.6 is 11.7 Å². The van der Waals surface area contributed by atoms with Gasteiger partial charge in [0.15, 0.2) is 6.61 Å². The van der Waals surface area contributed by atoms with Gasteiger partial charge in [0.1, 0.15) is 18.5 Å². The van der Waals surface area contributed by atoms with Gasteiger partial charge in [0, 0.05) is 19.0 Å². The maximum absolute atomic E-state index is 12.2. The van der Waals surface area contributed by atoms with E-state index in [0.717, 1.165) is 43.3 Å². The van der Waals surface area contributed by atoms with Crippen LogP contribution in [0.15, 0.2) is 24.3 Å². The number of halogens is 3. The van der Waals surface area contributed by atoms with E-state index in [-0.39, 0.29) is 18.5 Å². The molecule has 3 unspecified atom stereocenters. The van der Waals surface area contributed by atoms with Crippen LogP contribution in [-0.4, -0.2) is 52.2 Å². The fraction of sp³-hybridized carbons (Fsp3) is 0.529. The molecule has 146 valence electrons. The first kappa shape index (κ1) is 18.3. The smallest absolute Gasteiger partial charge is 0.422 e. The fourth-order valence-corrected chi connectivity index (χ4v) is 3.78. The molecule has 27 heavy (non-hydrogen) atoms. The van der Waals surface area contributed by atoms with Crippen molar-refractivity contribution in [1.29, 1.82) is 0 Å². The van der Waals surface area contributed by atoms with E-state index in [1.165, 1.54) is 12.1 Å². The van der Waals surface area contributed by atoms with Gasteiger partial charge >= 0.3 is 6.18 Å². The van der Waals surface area contributed by atoms with E-state index in [1.807, 2.05) is 0 Å². The summed E-state index contributed by atoms with van der Waals surface area (Å²) < 4.78 is 61.1. The Balaban J connectivity index is 1.30. The largest absolute Gasteiger partial charge is 0.484 e. The third-order valence-corrected chi connectivity index (χ3v) is 5.16. The van der Waals surface area contributed by atoms with Crippen LogP contribution in [0.1, 0.15) is 12.0 Å². The summed E-state index contributed by atoms with van der Waals surface area (Å²) in [6, 6.07) is 6.25. The van der Waals surface area contributed by atoms with E-state index in [1.54, 1.807) is 12.1 Å². The normalized spacial score (nSPS) is 24.2. The summed E-state index contributed by atoms with van der Waals surface area (Å²) in [6.45, 7) is 2.00. The summed E-state index contributed by atoms with van der Waals surface area (Å²) in [5, 5.41) is 0. The minimum atomic E-state index is -4.36. The fourth-order valence-electron chi connectivity index (χ4n) is 3.34. The summed E-state index contributed by atoms with van der Waals surface area (Å²) in [4.78, 5) is 2.37. The van der Waals surface area contributed by atoms with E-state index in [9.17, 15) is 13.2 Å². The average molecular weight is 401 g/mol. The first-order valence-corrected chi connectivity index (χ1v) is 9.32. The zero-order valence-electron chi connectivity index (χ0n) is 14.3. The molecule has 0 saturated carbocycles. The van der Waals surface area contributed by atoms with Gasteiger partial charge in [0.05, 0.1) is 11.7 Å². The highest BCUT2D eigenvalue weighted by Gasteiger charge is 2.40. The molecule has 2 aliphatic heterocycles. The van der Waals surface area contributed by atoms with Crippen LogP contribution in [0.2, 0.25) is 0 Å². The van der Waals surface area contributed by atoms with Gasteiger partial charge in [-0.3, -0.25) is 4.90 Å². The van der Waals surface area contributed by atoms with Crippen molar-refractivity contribution in [2.24, 2.45) is 5.92 Å². The van der Waals surface area contributed by atoms with Crippen molar-refractivity contribution in [1.82, 2.24) is 13.6 Å². The van der Waals surface area contributed by atoms with Crippen LogP contribution < -0.4 is 14.2 Å². The number of benzene rings is 1. The minimum absolute atomic E-state index is 0.120. The van der Waals surface area contributed by atoms with Gasteiger partial charge in [-0.2, -0.15) is 13.2 Å². The molecule has 10 heteroatoms. The Labute approximate surface area is 158 Å². The lowest BCUT2D eigenvalue weighted by Crippen LogP contribution is -2.32. The standard InChI is InChI=1S/C17H18F3N3O3S/c18-17(19,20)10-25-13-3-1-11(2-4-13)9-24-15-16(22-27-21-15)26-14-8-23-6-5-12(14)7-23/h1-4,12,14H,5-10H2. The molecule has 0 N–H and O–H groups in total. The molecule has 0 radical (unpaired) electrons. The third kappa shape index (κ3) is 4.62. The predicted octanol–water partition coefficient (Wildman–Crippen LogP) is 3.14. The molecule has 1 aromatic heterocycles. The van der Waals surface area contributed by atoms with Crippen molar-refractivity contribution in [2.75, 3.05) is 26.2 Å². The molecule has 0 aliphatic carbocycles. The van der Waals surface area contributed by atoms with Crippen molar-refractivity contribution in [3.8, 4) is 17.5 Å². The molecule has 1 aromatic carbocycles. The Kier molecular flexibility index (Phi) is 5.09. The van der Waals surface area contributed by atoms with Crippen molar-refractivity contribution >= 4 is 11.7 Å². The zero-order chi connectivity index (χ0) is 18.9. The molecule has 0 amide bonds. The summed E-state index contributed by atoms with van der Waals surface area (Å²) >= 11 is 1.03. The highest BCUT2D eigenvalue weighted by molar-refractivity contribution is 6.99. The van der Waals surface area contributed by atoms with Gasteiger partial charge < -0.3 is 14.2 Å². The van der Waals surface area contributed by atoms with Gasteiger partial charge in [-0.25, -0.2) is 0 Å². The molecular formula is C17H18F3N3O3S. The Bertz CT molecular complexity index is 769. The average Bonchev–Trinajstić information content (AvgIpc) is 3.36.